The normalized spacial score (nSPS) is 20.2. The molecule has 128 valence electrons. The van der Waals surface area contributed by atoms with Crippen LogP contribution in [-0.4, -0.2) is 37.8 Å². The minimum atomic E-state index is 0.433. The van der Waals surface area contributed by atoms with E-state index in [4.69, 9.17) is 0 Å². The summed E-state index contributed by atoms with van der Waals surface area (Å²) in [6.45, 7) is 5.19. The first-order valence-electron chi connectivity index (χ1n) is 9.18. The van der Waals surface area contributed by atoms with Gasteiger partial charge >= 0.3 is 0 Å². The molecule has 2 aliphatic heterocycles. The number of hydrogen-bond donors (Lipinski definition) is 0. The van der Waals surface area contributed by atoms with Gasteiger partial charge in [-0.15, -0.1) is 10.2 Å². The first-order chi connectivity index (χ1) is 12.3. The molecule has 0 radical (unpaired) electrons. The fraction of sp³-hybridized carbons (Fsp3) is 0.474. The number of aromatic nitrogens is 5. The van der Waals surface area contributed by atoms with Gasteiger partial charge in [0.05, 0.1) is 5.52 Å². The van der Waals surface area contributed by atoms with E-state index in [1.165, 1.54) is 24.2 Å². The number of rotatable bonds is 2. The molecule has 1 atom stereocenters. The van der Waals surface area contributed by atoms with Crippen molar-refractivity contribution in [2.24, 2.45) is 0 Å². The predicted octanol–water partition coefficient (Wildman–Crippen LogP) is 2.86. The summed E-state index contributed by atoms with van der Waals surface area (Å²) in [6.07, 6.45) is 6.29. The molecule has 0 aliphatic carbocycles. The molecule has 0 saturated carbocycles. The lowest BCUT2D eigenvalue weighted by molar-refractivity contribution is 0.471. The van der Waals surface area contributed by atoms with Gasteiger partial charge in [-0.25, -0.2) is 9.97 Å². The summed E-state index contributed by atoms with van der Waals surface area (Å²) in [7, 11) is 0. The standard InChI is InChI=1S/C19H22N6/c1-13-6-7-16-15(10-13)19(21-12-20-16)24-8-2-4-14(11-24)18-23-22-17-5-3-9-25(17)18/h6-7,10,12,14H,2-5,8-9,11H2,1H3. The van der Waals surface area contributed by atoms with Crippen molar-refractivity contribution in [3.8, 4) is 0 Å². The average molecular weight is 334 g/mol. The highest BCUT2D eigenvalue weighted by Crippen LogP contribution is 2.32. The van der Waals surface area contributed by atoms with E-state index in [9.17, 15) is 0 Å². The quantitative estimate of drug-likeness (QED) is 0.721. The van der Waals surface area contributed by atoms with Crippen LogP contribution in [0.1, 0.15) is 42.4 Å². The fourth-order valence-electron chi connectivity index (χ4n) is 4.26. The smallest absolute Gasteiger partial charge is 0.139 e. The molecule has 0 amide bonds. The van der Waals surface area contributed by atoms with E-state index in [-0.39, 0.29) is 0 Å². The zero-order valence-corrected chi connectivity index (χ0v) is 14.5. The SMILES string of the molecule is Cc1ccc2ncnc(N3CCCC(c4nnc5n4CCC5)C3)c2c1. The van der Waals surface area contributed by atoms with Crippen molar-refractivity contribution < 1.29 is 0 Å². The van der Waals surface area contributed by atoms with E-state index in [0.29, 0.717) is 5.92 Å². The summed E-state index contributed by atoms with van der Waals surface area (Å²) in [6, 6.07) is 6.39. The second-order valence-corrected chi connectivity index (χ2v) is 7.23. The van der Waals surface area contributed by atoms with Gasteiger partial charge in [0.25, 0.3) is 0 Å². The van der Waals surface area contributed by atoms with Gasteiger partial charge in [-0.3, -0.25) is 0 Å². The molecule has 25 heavy (non-hydrogen) atoms. The zero-order valence-electron chi connectivity index (χ0n) is 14.5. The third-order valence-corrected chi connectivity index (χ3v) is 5.49. The highest BCUT2D eigenvalue weighted by Gasteiger charge is 2.29. The highest BCUT2D eigenvalue weighted by molar-refractivity contribution is 5.89. The lowest BCUT2D eigenvalue weighted by Crippen LogP contribution is -2.36. The molecule has 1 fully saturated rings. The van der Waals surface area contributed by atoms with Gasteiger partial charge in [0.2, 0.25) is 0 Å². The van der Waals surface area contributed by atoms with E-state index in [2.05, 4.69) is 54.8 Å². The maximum absolute atomic E-state index is 4.63. The minimum Gasteiger partial charge on any atom is -0.355 e. The molecule has 1 aromatic carbocycles. The molecule has 2 aliphatic rings. The summed E-state index contributed by atoms with van der Waals surface area (Å²) in [5, 5.41) is 10.1. The highest BCUT2D eigenvalue weighted by atomic mass is 15.3. The summed E-state index contributed by atoms with van der Waals surface area (Å²) in [4.78, 5) is 11.5. The molecule has 6 nitrogen and oxygen atoms in total. The van der Waals surface area contributed by atoms with Crippen LogP contribution in [-0.2, 0) is 13.0 Å². The zero-order chi connectivity index (χ0) is 16.8. The third kappa shape index (κ3) is 2.47. The van der Waals surface area contributed by atoms with Crippen molar-refractivity contribution in [2.45, 2.75) is 45.1 Å². The predicted molar refractivity (Wildman–Crippen MR) is 96.8 cm³/mol. The van der Waals surface area contributed by atoms with Crippen molar-refractivity contribution in [2.75, 3.05) is 18.0 Å². The monoisotopic (exact) mass is 334 g/mol. The van der Waals surface area contributed by atoms with E-state index >= 15 is 0 Å². The first-order valence-corrected chi connectivity index (χ1v) is 9.18. The van der Waals surface area contributed by atoms with Gasteiger partial charge < -0.3 is 9.47 Å². The summed E-state index contributed by atoms with van der Waals surface area (Å²) >= 11 is 0. The Balaban J connectivity index is 1.50. The van der Waals surface area contributed by atoms with Crippen molar-refractivity contribution in [1.82, 2.24) is 24.7 Å². The van der Waals surface area contributed by atoms with E-state index < -0.39 is 0 Å². The summed E-state index contributed by atoms with van der Waals surface area (Å²) in [5.41, 5.74) is 2.26. The Bertz CT molecular complexity index is 931. The van der Waals surface area contributed by atoms with Crippen LogP contribution in [0.5, 0.6) is 0 Å². The molecule has 4 heterocycles. The van der Waals surface area contributed by atoms with Crippen LogP contribution in [0.25, 0.3) is 10.9 Å². The summed E-state index contributed by atoms with van der Waals surface area (Å²) < 4.78 is 2.34. The Labute approximate surface area is 146 Å². The molecule has 0 spiro atoms. The van der Waals surface area contributed by atoms with Crippen LogP contribution in [0.3, 0.4) is 0 Å². The molecule has 0 bridgehead atoms. The Kier molecular flexibility index (Phi) is 3.43. The second-order valence-electron chi connectivity index (χ2n) is 7.23. The molecule has 3 aromatic rings. The number of benzene rings is 1. The average Bonchev–Trinajstić information content (AvgIpc) is 3.25. The lowest BCUT2D eigenvalue weighted by Gasteiger charge is -2.33. The Morgan fingerprint density at radius 2 is 2.04 bits per heavy atom. The van der Waals surface area contributed by atoms with Gasteiger partial charge in [-0.1, -0.05) is 11.6 Å². The maximum Gasteiger partial charge on any atom is 0.139 e. The van der Waals surface area contributed by atoms with Gasteiger partial charge in [0, 0.05) is 37.4 Å². The fourth-order valence-corrected chi connectivity index (χ4v) is 4.26. The molecular formula is C19H22N6. The van der Waals surface area contributed by atoms with E-state index in [1.807, 2.05) is 0 Å². The van der Waals surface area contributed by atoms with Crippen LogP contribution >= 0.6 is 0 Å². The number of piperidine rings is 1. The Morgan fingerprint density at radius 3 is 3.00 bits per heavy atom. The topological polar surface area (TPSA) is 59.7 Å². The molecule has 5 rings (SSSR count). The number of fused-ring (bicyclic) bond motifs is 2. The van der Waals surface area contributed by atoms with Crippen LogP contribution in [0.15, 0.2) is 24.5 Å². The van der Waals surface area contributed by atoms with Crippen LogP contribution in [0, 0.1) is 6.92 Å². The minimum absolute atomic E-state index is 0.433. The van der Waals surface area contributed by atoms with Crippen molar-refractivity contribution in [1.29, 1.82) is 0 Å². The van der Waals surface area contributed by atoms with Crippen LogP contribution in [0.2, 0.25) is 0 Å². The lowest BCUT2D eigenvalue weighted by atomic mass is 9.96. The van der Waals surface area contributed by atoms with Crippen molar-refractivity contribution in [3.63, 3.8) is 0 Å². The summed E-state index contributed by atoms with van der Waals surface area (Å²) in [5.74, 6) is 3.82. The van der Waals surface area contributed by atoms with Crippen molar-refractivity contribution >= 4 is 16.7 Å². The largest absolute Gasteiger partial charge is 0.355 e. The van der Waals surface area contributed by atoms with Gasteiger partial charge in [-0.2, -0.15) is 0 Å². The molecule has 1 saturated heterocycles. The number of anilines is 1. The molecule has 6 heteroatoms. The second kappa shape index (κ2) is 5.79. The first kappa shape index (κ1) is 14.8. The Morgan fingerprint density at radius 1 is 1.08 bits per heavy atom. The maximum atomic E-state index is 4.63. The van der Waals surface area contributed by atoms with Gasteiger partial charge in [-0.05, 0) is 38.3 Å². The number of aryl methyl sites for hydroxylation is 2. The molecule has 2 aromatic heterocycles. The van der Waals surface area contributed by atoms with E-state index in [1.54, 1.807) is 6.33 Å². The third-order valence-electron chi connectivity index (χ3n) is 5.49. The van der Waals surface area contributed by atoms with Crippen LogP contribution < -0.4 is 4.90 Å². The number of nitrogens with zero attached hydrogens (tertiary/aromatic N) is 6. The van der Waals surface area contributed by atoms with Crippen LogP contribution in [0.4, 0.5) is 5.82 Å². The Hall–Kier alpha value is -2.50. The van der Waals surface area contributed by atoms with Gasteiger partial charge in [0.1, 0.15) is 23.8 Å². The number of hydrogen-bond acceptors (Lipinski definition) is 5. The van der Waals surface area contributed by atoms with E-state index in [0.717, 1.165) is 55.0 Å². The van der Waals surface area contributed by atoms with Crippen molar-refractivity contribution in [3.05, 3.63) is 41.7 Å². The molecule has 0 N–H and O–H groups in total. The molecular weight excluding hydrogens is 312 g/mol. The van der Waals surface area contributed by atoms with Gasteiger partial charge in [0.15, 0.2) is 0 Å². The molecule has 1 unspecified atom stereocenters.